The molecule has 2 rings (SSSR count). The van der Waals surface area contributed by atoms with Gasteiger partial charge in [-0.2, -0.15) is 0 Å². The smallest absolute Gasteiger partial charge is 0.224 e. The summed E-state index contributed by atoms with van der Waals surface area (Å²) in [5.41, 5.74) is 1.04. The Bertz CT molecular complexity index is 407. The standard InChI is InChI=1S/C14H17BrClNO/c15-12-6-4-10(5-7-12)8-14(18)17-13-3-1-2-11(13)9-16/h4-7,11,13H,1-3,8-9H2,(H,17,18). The molecule has 1 amide bonds. The van der Waals surface area contributed by atoms with Gasteiger partial charge in [0, 0.05) is 16.4 Å². The van der Waals surface area contributed by atoms with Crippen molar-refractivity contribution in [2.45, 2.75) is 31.7 Å². The number of carbonyl (C=O) groups is 1. The van der Waals surface area contributed by atoms with Gasteiger partial charge in [-0.25, -0.2) is 0 Å². The summed E-state index contributed by atoms with van der Waals surface area (Å²) < 4.78 is 1.03. The lowest BCUT2D eigenvalue weighted by Gasteiger charge is -2.18. The maximum Gasteiger partial charge on any atom is 0.224 e. The SMILES string of the molecule is O=C(Cc1ccc(Br)cc1)NC1CCCC1CCl. The van der Waals surface area contributed by atoms with Crippen LogP contribution < -0.4 is 5.32 Å². The zero-order valence-corrected chi connectivity index (χ0v) is 12.5. The van der Waals surface area contributed by atoms with Crippen LogP contribution >= 0.6 is 27.5 Å². The lowest BCUT2D eigenvalue weighted by Crippen LogP contribution is -2.38. The van der Waals surface area contributed by atoms with Crippen molar-refractivity contribution in [3.8, 4) is 0 Å². The number of halogens is 2. The normalized spacial score (nSPS) is 23.0. The molecule has 0 bridgehead atoms. The quantitative estimate of drug-likeness (QED) is 0.841. The molecule has 2 atom stereocenters. The highest BCUT2D eigenvalue weighted by atomic mass is 79.9. The van der Waals surface area contributed by atoms with E-state index in [1.165, 1.54) is 6.42 Å². The van der Waals surface area contributed by atoms with Crippen LogP contribution in [0.2, 0.25) is 0 Å². The van der Waals surface area contributed by atoms with E-state index in [2.05, 4.69) is 21.2 Å². The van der Waals surface area contributed by atoms with Crippen LogP contribution in [0.3, 0.4) is 0 Å². The van der Waals surface area contributed by atoms with Crippen molar-refractivity contribution in [2.75, 3.05) is 5.88 Å². The van der Waals surface area contributed by atoms with Crippen molar-refractivity contribution in [3.05, 3.63) is 34.3 Å². The predicted octanol–water partition coefficient (Wildman–Crippen LogP) is 3.52. The fourth-order valence-corrected chi connectivity index (χ4v) is 3.09. The summed E-state index contributed by atoms with van der Waals surface area (Å²) in [6, 6.07) is 8.12. The Labute approximate surface area is 121 Å². The maximum atomic E-state index is 11.9. The first kappa shape index (κ1) is 13.9. The first-order chi connectivity index (χ1) is 8.69. The topological polar surface area (TPSA) is 29.1 Å². The van der Waals surface area contributed by atoms with Crippen molar-refractivity contribution >= 4 is 33.4 Å². The van der Waals surface area contributed by atoms with E-state index >= 15 is 0 Å². The van der Waals surface area contributed by atoms with Gasteiger partial charge in [0.05, 0.1) is 6.42 Å². The molecule has 1 aliphatic carbocycles. The van der Waals surface area contributed by atoms with Crippen LogP contribution in [0.5, 0.6) is 0 Å². The Morgan fingerprint density at radius 3 is 2.72 bits per heavy atom. The molecule has 1 aromatic rings. The van der Waals surface area contributed by atoms with E-state index in [4.69, 9.17) is 11.6 Å². The molecule has 1 aliphatic rings. The number of nitrogens with one attached hydrogen (secondary N) is 1. The molecule has 98 valence electrons. The largest absolute Gasteiger partial charge is 0.353 e. The van der Waals surface area contributed by atoms with Gasteiger partial charge in [-0.3, -0.25) is 4.79 Å². The molecule has 0 aromatic heterocycles. The van der Waals surface area contributed by atoms with Crippen LogP contribution in [-0.4, -0.2) is 17.8 Å². The van der Waals surface area contributed by atoms with E-state index < -0.39 is 0 Å². The molecule has 1 N–H and O–H groups in total. The highest BCUT2D eigenvalue weighted by Crippen LogP contribution is 2.26. The minimum Gasteiger partial charge on any atom is -0.353 e. The van der Waals surface area contributed by atoms with Gasteiger partial charge >= 0.3 is 0 Å². The average Bonchev–Trinajstić information content (AvgIpc) is 2.79. The van der Waals surface area contributed by atoms with Gasteiger partial charge in [0.2, 0.25) is 5.91 Å². The molecule has 1 saturated carbocycles. The molecule has 2 nitrogen and oxygen atoms in total. The molecule has 0 heterocycles. The molecule has 1 fully saturated rings. The molecule has 0 radical (unpaired) electrons. The van der Waals surface area contributed by atoms with Gasteiger partial charge in [0.25, 0.3) is 0 Å². The van der Waals surface area contributed by atoms with E-state index in [1.54, 1.807) is 0 Å². The second kappa shape index (κ2) is 6.58. The van der Waals surface area contributed by atoms with Crippen LogP contribution in [0.1, 0.15) is 24.8 Å². The van der Waals surface area contributed by atoms with Gasteiger partial charge in [-0.05, 0) is 36.5 Å². The summed E-state index contributed by atoms with van der Waals surface area (Å²) >= 11 is 9.29. The molecule has 0 saturated heterocycles. The molecule has 4 heteroatoms. The van der Waals surface area contributed by atoms with Crippen molar-refractivity contribution < 1.29 is 4.79 Å². The van der Waals surface area contributed by atoms with Gasteiger partial charge in [0.1, 0.15) is 0 Å². The zero-order valence-electron chi connectivity index (χ0n) is 10.2. The molecule has 0 spiro atoms. The average molecular weight is 331 g/mol. The summed E-state index contributed by atoms with van der Waals surface area (Å²) in [4.78, 5) is 11.9. The second-order valence-corrected chi connectivity index (χ2v) is 6.05. The molecule has 0 aliphatic heterocycles. The first-order valence-corrected chi connectivity index (χ1v) is 7.61. The molecule has 2 unspecified atom stereocenters. The van der Waals surface area contributed by atoms with Gasteiger partial charge in [-0.1, -0.05) is 34.5 Å². The highest BCUT2D eigenvalue weighted by molar-refractivity contribution is 9.10. The van der Waals surface area contributed by atoms with E-state index in [0.29, 0.717) is 18.2 Å². The monoisotopic (exact) mass is 329 g/mol. The van der Waals surface area contributed by atoms with E-state index in [-0.39, 0.29) is 11.9 Å². The number of alkyl halides is 1. The number of benzene rings is 1. The number of hydrogen-bond acceptors (Lipinski definition) is 1. The molecule has 1 aromatic carbocycles. The molecular weight excluding hydrogens is 314 g/mol. The summed E-state index contributed by atoms with van der Waals surface area (Å²) in [7, 11) is 0. The van der Waals surface area contributed by atoms with E-state index in [1.807, 2.05) is 24.3 Å². The van der Waals surface area contributed by atoms with Crippen molar-refractivity contribution in [3.63, 3.8) is 0 Å². The minimum atomic E-state index is 0.0966. The fourth-order valence-electron chi connectivity index (χ4n) is 2.46. The Balaban J connectivity index is 1.86. The fraction of sp³-hybridized carbons (Fsp3) is 0.500. The van der Waals surface area contributed by atoms with E-state index in [0.717, 1.165) is 22.9 Å². The van der Waals surface area contributed by atoms with Crippen LogP contribution in [0.15, 0.2) is 28.7 Å². The van der Waals surface area contributed by atoms with Gasteiger partial charge in [-0.15, -0.1) is 11.6 Å². The second-order valence-electron chi connectivity index (χ2n) is 4.82. The Morgan fingerprint density at radius 1 is 1.33 bits per heavy atom. The maximum absolute atomic E-state index is 11.9. The molecular formula is C14H17BrClNO. The number of carbonyl (C=O) groups excluding carboxylic acids is 1. The number of amides is 1. The number of hydrogen-bond donors (Lipinski definition) is 1. The van der Waals surface area contributed by atoms with E-state index in [9.17, 15) is 4.79 Å². The predicted molar refractivity (Wildman–Crippen MR) is 77.8 cm³/mol. The summed E-state index contributed by atoms with van der Waals surface area (Å²) in [6.45, 7) is 0. The van der Waals surface area contributed by atoms with Crippen LogP contribution in [0.4, 0.5) is 0 Å². The summed E-state index contributed by atoms with van der Waals surface area (Å²) in [6.07, 6.45) is 3.80. The lowest BCUT2D eigenvalue weighted by atomic mass is 10.1. The van der Waals surface area contributed by atoms with Crippen molar-refractivity contribution in [1.29, 1.82) is 0 Å². The van der Waals surface area contributed by atoms with Gasteiger partial charge < -0.3 is 5.32 Å². The highest BCUT2D eigenvalue weighted by Gasteiger charge is 2.27. The summed E-state index contributed by atoms with van der Waals surface area (Å²) in [5, 5.41) is 3.11. The van der Waals surface area contributed by atoms with Crippen molar-refractivity contribution in [1.82, 2.24) is 5.32 Å². The lowest BCUT2D eigenvalue weighted by molar-refractivity contribution is -0.121. The summed E-state index contributed by atoms with van der Waals surface area (Å²) in [5.74, 6) is 1.18. The van der Waals surface area contributed by atoms with Crippen LogP contribution in [-0.2, 0) is 11.2 Å². The third kappa shape index (κ3) is 3.72. The Hall–Kier alpha value is -0.540. The zero-order chi connectivity index (χ0) is 13.0. The third-order valence-corrected chi connectivity index (χ3v) is 4.41. The van der Waals surface area contributed by atoms with Crippen LogP contribution in [0.25, 0.3) is 0 Å². The Morgan fingerprint density at radius 2 is 2.06 bits per heavy atom. The Kier molecular flexibility index (Phi) is 5.07. The minimum absolute atomic E-state index is 0.0966. The van der Waals surface area contributed by atoms with Crippen molar-refractivity contribution in [2.24, 2.45) is 5.92 Å². The van der Waals surface area contributed by atoms with Gasteiger partial charge in [0.15, 0.2) is 0 Å². The first-order valence-electron chi connectivity index (χ1n) is 6.29. The molecule has 18 heavy (non-hydrogen) atoms. The third-order valence-electron chi connectivity index (χ3n) is 3.48. The number of rotatable bonds is 4. The van der Waals surface area contributed by atoms with Crippen LogP contribution in [0, 0.1) is 5.92 Å².